The van der Waals surface area contributed by atoms with E-state index in [1.54, 1.807) is 0 Å². The Bertz CT molecular complexity index is 278. The van der Waals surface area contributed by atoms with Crippen LogP contribution in [0.5, 0.6) is 0 Å². The molecule has 0 amide bonds. The summed E-state index contributed by atoms with van der Waals surface area (Å²) in [5, 5.41) is 0.325. The minimum absolute atomic E-state index is 0.236. The molecule has 0 aromatic carbocycles. The first-order valence-electron chi connectivity index (χ1n) is 5.34. The number of nitrogens with zero attached hydrogens (tertiary/aromatic N) is 1. The Kier molecular flexibility index (Phi) is 7.31. The molecule has 0 aromatic rings. The average Bonchev–Trinajstić information content (AvgIpc) is 2.26. The molecule has 0 spiro atoms. The molecule has 4 heteroatoms. The lowest BCUT2D eigenvalue weighted by atomic mass is 10.0. The SMILES string of the molecule is CCOCCN(C)C(C)(C)C#CC(=S)OC. The highest BCUT2D eigenvalue weighted by molar-refractivity contribution is 7.80. The van der Waals surface area contributed by atoms with Gasteiger partial charge >= 0.3 is 0 Å². The van der Waals surface area contributed by atoms with E-state index in [0.29, 0.717) is 11.7 Å². The van der Waals surface area contributed by atoms with Crippen LogP contribution in [0, 0.1) is 11.8 Å². The molecule has 16 heavy (non-hydrogen) atoms. The van der Waals surface area contributed by atoms with Crippen LogP contribution in [0.4, 0.5) is 0 Å². The summed E-state index contributed by atoms with van der Waals surface area (Å²) in [7, 11) is 3.55. The molecule has 0 unspecified atom stereocenters. The van der Waals surface area contributed by atoms with Crippen molar-refractivity contribution in [2.45, 2.75) is 26.3 Å². The summed E-state index contributed by atoms with van der Waals surface area (Å²) >= 11 is 4.88. The molecule has 0 N–H and O–H groups in total. The van der Waals surface area contributed by atoms with Crippen molar-refractivity contribution in [2.24, 2.45) is 0 Å². The normalized spacial score (nSPS) is 10.9. The van der Waals surface area contributed by atoms with Crippen molar-refractivity contribution in [3.63, 3.8) is 0 Å². The van der Waals surface area contributed by atoms with Crippen LogP contribution in [-0.2, 0) is 9.47 Å². The summed E-state index contributed by atoms with van der Waals surface area (Å²) in [6, 6.07) is 0. The third-order valence-corrected chi connectivity index (χ3v) is 2.65. The molecule has 0 bridgehead atoms. The molecule has 0 saturated carbocycles. The molecule has 0 aromatic heterocycles. The summed E-state index contributed by atoms with van der Waals surface area (Å²) in [6.45, 7) is 8.38. The van der Waals surface area contributed by atoms with Crippen molar-refractivity contribution >= 4 is 17.3 Å². The van der Waals surface area contributed by atoms with Crippen LogP contribution in [0.2, 0.25) is 0 Å². The fraction of sp³-hybridized carbons (Fsp3) is 0.750. The minimum Gasteiger partial charge on any atom is -0.480 e. The predicted octanol–water partition coefficient (Wildman–Crippen LogP) is 1.71. The molecule has 0 heterocycles. The predicted molar refractivity (Wildman–Crippen MR) is 70.6 cm³/mol. The highest BCUT2D eigenvalue weighted by Crippen LogP contribution is 2.10. The third kappa shape index (κ3) is 6.06. The molecule has 0 saturated heterocycles. The zero-order valence-electron chi connectivity index (χ0n) is 10.8. The van der Waals surface area contributed by atoms with E-state index >= 15 is 0 Å². The molecule has 0 fully saturated rings. The van der Waals surface area contributed by atoms with Crippen LogP contribution >= 0.6 is 12.2 Å². The van der Waals surface area contributed by atoms with Crippen LogP contribution in [0.25, 0.3) is 0 Å². The van der Waals surface area contributed by atoms with E-state index in [0.717, 1.165) is 13.2 Å². The molecular weight excluding hydrogens is 222 g/mol. The second-order valence-electron chi connectivity index (χ2n) is 3.92. The lowest BCUT2D eigenvalue weighted by Crippen LogP contribution is -2.41. The highest BCUT2D eigenvalue weighted by Gasteiger charge is 2.20. The van der Waals surface area contributed by atoms with Gasteiger partial charge in [0.2, 0.25) is 5.05 Å². The Morgan fingerprint density at radius 1 is 1.44 bits per heavy atom. The molecule has 92 valence electrons. The summed E-state index contributed by atoms with van der Waals surface area (Å²) in [4.78, 5) is 2.13. The van der Waals surface area contributed by atoms with E-state index in [2.05, 4.69) is 16.7 Å². The largest absolute Gasteiger partial charge is 0.480 e. The number of hydrogen-bond acceptors (Lipinski definition) is 4. The van der Waals surface area contributed by atoms with Crippen LogP contribution in [-0.4, -0.2) is 49.4 Å². The zero-order valence-corrected chi connectivity index (χ0v) is 11.6. The van der Waals surface area contributed by atoms with Gasteiger partial charge in [-0.05, 0) is 46.0 Å². The van der Waals surface area contributed by atoms with Crippen molar-refractivity contribution < 1.29 is 9.47 Å². The number of hydrogen-bond donors (Lipinski definition) is 0. The molecule has 0 aliphatic heterocycles. The van der Waals surface area contributed by atoms with Gasteiger partial charge in [-0.3, -0.25) is 4.90 Å². The van der Waals surface area contributed by atoms with Gasteiger partial charge in [-0.1, -0.05) is 5.92 Å². The maximum absolute atomic E-state index is 5.31. The molecule has 3 nitrogen and oxygen atoms in total. The lowest BCUT2D eigenvalue weighted by Gasteiger charge is -2.30. The standard InChI is InChI=1S/C12H21NO2S/c1-6-15-10-9-13(4)12(2,3)8-7-11(16)14-5/h6,9-10H2,1-5H3. The van der Waals surface area contributed by atoms with E-state index in [-0.39, 0.29) is 5.54 Å². The van der Waals surface area contributed by atoms with Crippen LogP contribution in [0.1, 0.15) is 20.8 Å². The van der Waals surface area contributed by atoms with E-state index in [9.17, 15) is 0 Å². The van der Waals surface area contributed by atoms with Gasteiger partial charge in [0.25, 0.3) is 0 Å². The van der Waals surface area contributed by atoms with Gasteiger partial charge in [-0.2, -0.15) is 0 Å². The Labute approximate surface area is 104 Å². The number of ether oxygens (including phenoxy) is 2. The van der Waals surface area contributed by atoms with Gasteiger partial charge in [0.1, 0.15) is 0 Å². The highest BCUT2D eigenvalue weighted by atomic mass is 32.1. The Hall–Kier alpha value is -0.630. The first-order valence-corrected chi connectivity index (χ1v) is 5.75. The second-order valence-corrected chi connectivity index (χ2v) is 4.29. The van der Waals surface area contributed by atoms with Gasteiger partial charge in [0.15, 0.2) is 0 Å². The fourth-order valence-electron chi connectivity index (χ4n) is 0.976. The molecule has 0 rings (SSSR count). The third-order valence-electron chi connectivity index (χ3n) is 2.39. The van der Waals surface area contributed by atoms with Gasteiger partial charge < -0.3 is 9.47 Å². The fourth-order valence-corrected chi connectivity index (χ4v) is 1.03. The quantitative estimate of drug-likeness (QED) is 0.416. The van der Waals surface area contributed by atoms with Crippen molar-refractivity contribution in [1.29, 1.82) is 0 Å². The number of methoxy groups -OCH3 is 1. The molecule has 0 aliphatic carbocycles. The van der Waals surface area contributed by atoms with Crippen molar-refractivity contribution in [3.8, 4) is 11.8 Å². The molecule has 0 atom stereocenters. The van der Waals surface area contributed by atoms with Gasteiger partial charge in [0.05, 0.1) is 19.3 Å². The summed E-state index contributed by atoms with van der Waals surface area (Å²) in [5.41, 5.74) is -0.236. The summed E-state index contributed by atoms with van der Waals surface area (Å²) < 4.78 is 10.1. The van der Waals surface area contributed by atoms with E-state index < -0.39 is 0 Å². The summed E-state index contributed by atoms with van der Waals surface area (Å²) in [5.74, 6) is 5.91. The average molecular weight is 243 g/mol. The Balaban J connectivity index is 4.27. The van der Waals surface area contributed by atoms with Crippen LogP contribution < -0.4 is 0 Å². The first kappa shape index (κ1) is 15.4. The topological polar surface area (TPSA) is 21.7 Å². The van der Waals surface area contributed by atoms with E-state index in [1.807, 2.05) is 27.8 Å². The van der Waals surface area contributed by atoms with Gasteiger partial charge in [-0.15, -0.1) is 0 Å². The van der Waals surface area contributed by atoms with E-state index in [4.69, 9.17) is 21.7 Å². The number of likely N-dealkylation sites (N-methyl/N-ethyl adjacent to an activating group) is 1. The van der Waals surface area contributed by atoms with Crippen molar-refractivity contribution in [3.05, 3.63) is 0 Å². The maximum atomic E-state index is 5.31. The number of rotatable bonds is 5. The van der Waals surface area contributed by atoms with Gasteiger partial charge in [-0.25, -0.2) is 0 Å². The summed E-state index contributed by atoms with van der Waals surface area (Å²) in [6.07, 6.45) is 0. The Morgan fingerprint density at radius 2 is 2.06 bits per heavy atom. The maximum Gasteiger partial charge on any atom is 0.237 e. The molecule has 0 radical (unpaired) electrons. The number of thiocarbonyl (C=S) groups is 1. The van der Waals surface area contributed by atoms with Crippen LogP contribution in [0.15, 0.2) is 0 Å². The smallest absolute Gasteiger partial charge is 0.237 e. The monoisotopic (exact) mass is 243 g/mol. The second kappa shape index (κ2) is 7.61. The lowest BCUT2D eigenvalue weighted by molar-refractivity contribution is 0.0993. The van der Waals surface area contributed by atoms with Crippen LogP contribution in [0.3, 0.4) is 0 Å². The molecule has 0 aliphatic rings. The zero-order chi connectivity index (χ0) is 12.6. The van der Waals surface area contributed by atoms with Crippen molar-refractivity contribution in [1.82, 2.24) is 4.90 Å². The minimum atomic E-state index is -0.236. The Morgan fingerprint density at radius 3 is 2.56 bits per heavy atom. The van der Waals surface area contributed by atoms with E-state index in [1.165, 1.54) is 7.11 Å². The first-order chi connectivity index (χ1) is 7.44. The van der Waals surface area contributed by atoms with Crippen molar-refractivity contribution in [2.75, 3.05) is 33.9 Å². The molecular formula is C12H21NO2S. The van der Waals surface area contributed by atoms with Gasteiger partial charge in [0, 0.05) is 13.2 Å².